The van der Waals surface area contributed by atoms with Crippen molar-refractivity contribution in [2.45, 2.75) is 25.4 Å². The van der Waals surface area contributed by atoms with Crippen molar-refractivity contribution in [3.63, 3.8) is 0 Å². The van der Waals surface area contributed by atoms with Gasteiger partial charge in [-0.3, -0.25) is 4.79 Å². The molecule has 0 saturated carbocycles. The average molecular weight is 321 g/mol. The minimum atomic E-state index is -4.53. The number of rotatable bonds is 5. The number of amides is 1. The number of halogens is 3. The number of carboxylic acids is 1. The topological polar surface area (TPSA) is 66.4 Å². The van der Waals surface area contributed by atoms with Gasteiger partial charge in [0.2, 0.25) is 5.91 Å². The minimum absolute atomic E-state index is 0.354. The Morgan fingerprint density at radius 2 is 1.95 bits per heavy atom. The van der Waals surface area contributed by atoms with E-state index >= 15 is 0 Å². The van der Waals surface area contributed by atoms with E-state index in [-0.39, 0.29) is 0 Å². The van der Waals surface area contributed by atoms with Crippen LogP contribution in [0, 0.1) is 13.8 Å². The average Bonchev–Trinajstić information content (AvgIpc) is 2.36. The molecule has 0 radical (unpaired) electrons. The lowest BCUT2D eigenvalue weighted by Gasteiger charge is -2.18. The Morgan fingerprint density at radius 3 is 2.48 bits per heavy atom. The van der Waals surface area contributed by atoms with E-state index in [1.54, 1.807) is 26.0 Å². The van der Waals surface area contributed by atoms with Gasteiger partial charge >= 0.3 is 11.5 Å². The maximum Gasteiger partial charge on any atom is 0.442 e. The van der Waals surface area contributed by atoms with Gasteiger partial charge in [0.1, 0.15) is 0 Å². The van der Waals surface area contributed by atoms with E-state index in [1.807, 2.05) is 0 Å². The first kappa shape index (κ1) is 17.4. The molecule has 0 saturated heterocycles. The predicted molar refractivity (Wildman–Crippen MR) is 72.9 cm³/mol. The molecule has 1 rings (SSSR count). The number of benzene rings is 1. The molecular weight excluding hydrogens is 307 g/mol. The fourth-order valence-electron chi connectivity index (χ4n) is 1.71. The van der Waals surface area contributed by atoms with Crippen LogP contribution in [-0.2, 0) is 9.59 Å². The second-order valence-corrected chi connectivity index (χ2v) is 5.40. The van der Waals surface area contributed by atoms with E-state index in [9.17, 15) is 27.9 Å². The molecule has 0 aliphatic rings. The first-order valence-corrected chi connectivity index (χ1v) is 6.89. The Hall–Kier alpha value is -1.70. The van der Waals surface area contributed by atoms with Crippen LogP contribution in [0.1, 0.15) is 22.7 Å². The summed E-state index contributed by atoms with van der Waals surface area (Å²) in [6.07, 6.45) is 0. The quantitative estimate of drug-likeness (QED) is 0.875. The van der Waals surface area contributed by atoms with Crippen molar-refractivity contribution in [2.75, 3.05) is 5.75 Å². The van der Waals surface area contributed by atoms with Crippen molar-refractivity contribution >= 4 is 23.6 Å². The predicted octanol–water partition coefficient (Wildman–Crippen LogP) is 2.80. The van der Waals surface area contributed by atoms with E-state index in [4.69, 9.17) is 0 Å². The van der Waals surface area contributed by atoms with Crippen LogP contribution in [0.15, 0.2) is 18.2 Å². The number of carbonyl (C=O) groups is 2. The molecule has 0 fully saturated rings. The smallest absolute Gasteiger partial charge is 0.442 e. The van der Waals surface area contributed by atoms with E-state index in [0.717, 1.165) is 5.56 Å². The standard InChI is InChI=1S/C13H14F3NO3S/c1-7-4-3-5-9(8(7)2)11(12(19)20)17-10(18)6-21-13(14,15)16/h3-5,11H,6H2,1-2H3,(H,17,18)(H,19,20). The van der Waals surface area contributed by atoms with E-state index in [1.165, 1.54) is 6.07 Å². The van der Waals surface area contributed by atoms with Crippen LogP contribution in [0.25, 0.3) is 0 Å². The third kappa shape index (κ3) is 5.30. The van der Waals surface area contributed by atoms with Crippen LogP contribution in [-0.4, -0.2) is 28.2 Å². The Morgan fingerprint density at radius 1 is 1.33 bits per heavy atom. The highest BCUT2D eigenvalue weighted by atomic mass is 32.2. The number of thioether (sulfide) groups is 1. The highest BCUT2D eigenvalue weighted by Gasteiger charge is 2.31. The zero-order valence-electron chi connectivity index (χ0n) is 11.3. The summed E-state index contributed by atoms with van der Waals surface area (Å²) >= 11 is -0.507. The molecule has 21 heavy (non-hydrogen) atoms. The van der Waals surface area contributed by atoms with Gasteiger partial charge in [0.25, 0.3) is 0 Å². The third-order valence-corrected chi connectivity index (χ3v) is 3.61. The highest BCUT2D eigenvalue weighted by Crippen LogP contribution is 2.30. The molecule has 1 aromatic carbocycles. The summed E-state index contributed by atoms with van der Waals surface area (Å²) in [5.74, 6) is -3.18. The summed E-state index contributed by atoms with van der Waals surface area (Å²) in [4.78, 5) is 22.7. The summed E-state index contributed by atoms with van der Waals surface area (Å²) in [5.41, 5.74) is -2.67. The van der Waals surface area contributed by atoms with Gasteiger partial charge in [-0.1, -0.05) is 18.2 Å². The molecular formula is C13H14F3NO3S. The number of carbonyl (C=O) groups excluding carboxylic acids is 1. The van der Waals surface area contributed by atoms with Crippen molar-refractivity contribution in [3.8, 4) is 0 Å². The lowest BCUT2D eigenvalue weighted by molar-refractivity contribution is -0.141. The van der Waals surface area contributed by atoms with Crippen molar-refractivity contribution in [2.24, 2.45) is 0 Å². The first-order chi connectivity index (χ1) is 9.61. The number of alkyl halides is 3. The zero-order chi connectivity index (χ0) is 16.2. The van der Waals surface area contributed by atoms with Gasteiger partial charge in [-0.05, 0) is 42.3 Å². The van der Waals surface area contributed by atoms with Crippen LogP contribution in [0.3, 0.4) is 0 Å². The lowest BCUT2D eigenvalue weighted by Crippen LogP contribution is -2.35. The van der Waals surface area contributed by atoms with Crippen molar-refractivity contribution < 1.29 is 27.9 Å². The summed E-state index contributed by atoms with van der Waals surface area (Å²) in [7, 11) is 0. The lowest BCUT2D eigenvalue weighted by atomic mass is 9.97. The fraction of sp³-hybridized carbons (Fsp3) is 0.385. The normalized spacial score (nSPS) is 12.8. The number of aryl methyl sites for hydroxylation is 1. The largest absolute Gasteiger partial charge is 0.479 e. The Balaban J connectivity index is 2.86. The van der Waals surface area contributed by atoms with Crippen LogP contribution in [0.5, 0.6) is 0 Å². The van der Waals surface area contributed by atoms with Gasteiger partial charge in [-0.25, -0.2) is 4.79 Å². The summed E-state index contributed by atoms with van der Waals surface area (Å²) in [5, 5.41) is 11.3. The molecule has 8 heteroatoms. The molecule has 0 aliphatic heterocycles. The molecule has 4 nitrogen and oxygen atoms in total. The van der Waals surface area contributed by atoms with Gasteiger partial charge in [-0.2, -0.15) is 13.2 Å². The Labute approximate surface area is 123 Å². The molecule has 1 unspecified atom stereocenters. The second kappa shape index (κ2) is 6.84. The summed E-state index contributed by atoms with van der Waals surface area (Å²) in [6, 6.07) is 3.56. The third-order valence-electron chi connectivity index (χ3n) is 2.88. The van der Waals surface area contributed by atoms with Crippen LogP contribution in [0.4, 0.5) is 13.2 Å². The highest BCUT2D eigenvalue weighted by molar-refractivity contribution is 8.00. The Kier molecular flexibility index (Phi) is 5.65. The zero-order valence-corrected chi connectivity index (χ0v) is 12.1. The molecule has 0 aromatic heterocycles. The monoisotopic (exact) mass is 321 g/mol. The number of hydrogen-bond acceptors (Lipinski definition) is 3. The maximum absolute atomic E-state index is 12.0. The SMILES string of the molecule is Cc1cccc(C(NC(=O)CSC(F)(F)F)C(=O)O)c1C. The maximum atomic E-state index is 12.0. The number of carboxylic acid groups (broad SMARTS) is 1. The number of hydrogen-bond donors (Lipinski definition) is 2. The van der Waals surface area contributed by atoms with E-state index in [2.05, 4.69) is 5.32 Å². The molecule has 1 aromatic rings. The van der Waals surface area contributed by atoms with Crippen molar-refractivity contribution in [1.29, 1.82) is 0 Å². The van der Waals surface area contributed by atoms with Crippen molar-refractivity contribution in [1.82, 2.24) is 5.32 Å². The second-order valence-electron chi connectivity index (χ2n) is 4.36. The van der Waals surface area contributed by atoms with Gasteiger partial charge < -0.3 is 10.4 Å². The van der Waals surface area contributed by atoms with Gasteiger partial charge in [0, 0.05) is 0 Å². The fourth-order valence-corrected chi connectivity index (χ4v) is 2.09. The number of nitrogens with one attached hydrogen (secondary N) is 1. The van der Waals surface area contributed by atoms with Crippen molar-refractivity contribution in [3.05, 3.63) is 34.9 Å². The van der Waals surface area contributed by atoms with E-state index < -0.39 is 40.9 Å². The number of aliphatic carboxylic acids is 1. The molecule has 0 spiro atoms. The Bertz CT molecular complexity index is 546. The van der Waals surface area contributed by atoms with E-state index in [0.29, 0.717) is 11.1 Å². The van der Waals surface area contributed by atoms with Gasteiger partial charge in [-0.15, -0.1) is 0 Å². The first-order valence-electron chi connectivity index (χ1n) is 5.91. The molecule has 0 heterocycles. The minimum Gasteiger partial charge on any atom is -0.479 e. The van der Waals surface area contributed by atoms with Gasteiger partial charge in [0.05, 0.1) is 5.75 Å². The summed E-state index contributed by atoms with van der Waals surface area (Å²) < 4.78 is 36.1. The van der Waals surface area contributed by atoms with Gasteiger partial charge in [0.15, 0.2) is 6.04 Å². The molecule has 0 bridgehead atoms. The summed E-state index contributed by atoms with van der Waals surface area (Å²) in [6.45, 7) is 3.47. The molecule has 2 N–H and O–H groups in total. The van der Waals surface area contributed by atoms with Crippen LogP contribution in [0.2, 0.25) is 0 Å². The molecule has 1 amide bonds. The molecule has 1 atom stereocenters. The van der Waals surface area contributed by atoms with Crippen LogP contribution < -0.4 is 5.32 Å². The molecule has 116 valence electrons. The van der Waals surface area contributed by atoms with Crippen LogP contribution >= 0.6 is 11.8 Å². The molecule has 0 aliphatic carbocycles.